The average molecular weight is 533 g/mol. The van der Waals surface area contributed by atoms with Gasteiger partial charge in [-0.1, -0.05) is 65.9 Å². The molecule has 0 fully saturated rings. The summed E-state index contributed by atoms with van der Waals surface area (Å²) in [4.78, 5) is 21.4. The van der Waals surface area contributed by atoms with E-state index in [4.69, 9.17) is 4.74 Å². The summed E-state index contributed by atoms with van der Waals surface area (Å²) in [6, 6.07) is 22.1. The number of benzene rings is 3. The van der Waals surface area contributed by atoms with Crippen LogP contribution in [0.15, 0.2) is 89.0 Å². The second-order valence-corrected chi connectivity index (χ2v) is 11.2. The van der Waals surface area contributed by atoms with Gasteiger partial charge in [0.1, 0.15) is 10.6 Å². The number of rotatable bonds is 7. The van der Waals surface area contributed by atoms with Gasteiger partial charge in [-0.3, -0.25) is 9.10 Å². The van der Waals surface area contributed by atoms with Crippen molar-refractivity contribution >= 4 is 39.1 Å². The predicted molar refractivity (Wildman–Crippen MR) is 144 cm³/mol. The van der Waals surface area contributed by atoms with Gasteiger partial charge in [0.15, 0.2) is 5.16 Å². The Morgan fingerprint density at radius 2 is 1.86 bits per heavy atom. The second kappa shape index (κ2) is 10.2. The Hall–Kier alpha value is -3.89. The van der Waals surface area contributed by atoms with Gasteiger partial charge in [-0.25, -0.2) is 18.4 Å². The number of ether oxygens (including phenoxy) is 1. The Kier molecular flexibility index (Phi) is 6.86. The van der Waals surface area contributed by atoms with Gasteiger partial charge in [0.05, 0.1) is 37.0 Å². The summed E-state index contributed by atoms with van der Waals surface area (Å²) in [5.74, 6) is 0.459. The van der Waals surface area contributed by atoms with Crippen LogP contribution in [-0.4, -0.2) is 37.2 Å². The van der Waals surface area contributed by atoms with Gasteiger partial charge in [-0.2, -0.15) is 0 Å². The average Bonchev–Trinajstić information content (AvgIpc) is 2.90. The molecule has 3 aromatic carbocycles. The van der Waals surface area contributed by atoms with Crippen molar-refractivity contribution < 1.29 is 17.9 Å². The van der Waals surface area contributed by atoms with Crippen LogP contribution in [0.1, 0.15) is 11.1 Å². The Balaban J connectivity index is 1.39. The van der Waals surface area contributed by atoms with E-state index in [0.717, 1.165) is 22.9 Å². The van der Waals surface area contributed by atoms with E-state index < -0.39 is 10.0 Å². The highest BCUT2D eigenvalue weighted by molar-refractivity contribution is 7.99. The molecular formula is C27H24N4O4S2. The van der Waals surface area contributed by atoms with Crippen LogP contribution in [0, 0.1) is 6.92 Å². The van der Waals surface area contributed by atoms with Crippen molar-refractivity contribution in [1.29, 1.82) is 0 Å². The predicted octanol–water partition coefficient (Wildman–Crippen LogP) is 4.90. The molecule has 0 unspecified atom stereocenters. The fraction of sp³-hybridized carbons (Fsp3) is 0.148. The number of aryl methyl sites for hydroxylation is 1. The van der Waals surface area contributed by atoms with Crippen LogP contribution >= 0.6 is 11.8 Å². The molecule has 0 bridgehead atoms. The molecule has 1 aliphatic rings. The highest BCUT2D eigenvalue weighted by Crippen LogP contribution is 2.42. The lowest BCUT2D eigenvalue weighted by Gasteiger charge is -2.31. The number of sulfonamides is 1. The molecule has 37 heavy (non-hydrogen) atoms. The van der Waals surface area contributed by atoms with Crippen LogP contribution in [0.3, 0.4) is 0 Å². The maximum Gasteiger partial charge on any atom is 0.268 e. The molecule has 0 atom stereocenters. The minimum atomic E-state index is -3.89. The number of thioether (sulfide) groups is 1. The van der Waals surface area contributed by atoms with Gasteiger partial charge < -0.3 is 10.1 Å². The number of fused-ring (bicyclic) bond motifs is 3. The molecule has 4 aromatic rings. The van der Waals surface area contributed by atoms with Crippen LogP contribution in [0.5, 0.6) is 5.75 Å². The summed E-state index contributed by atoms with van der Waals surface area (Å²) in [6.07, 6.45) is 1.33. The molecule has 2 heterocycles. The van der Waals surface area contributed by atoms with E-state index in [2.05, 4.69) is 15.3 Å². The summed E-state index contributed by atoms with van der Waals surface area (Å²) in [7, 11) is -2.33. The molecule has 0 saturated carbocycles. The van der Waals surface area contributed by atoms with Gasteiger partial charge in [0.25, 0.3) is 10.0 Å². The van der Waals surface area contributed by atoms with Crippen LogP contribution in [0.4, 0.5) is 11.4 Å². The van der Waals surface area contributed by atoms with Crippen LogP contribution in [-0.2, 0) is 21.4 Å². The minimum absolute atomic E-state index is 0.0454. The highest BCUT2D eigenvalue weighted by Gasteiger charge is 2.36. The number of amides is 1. The number of anilines is 2. The van der Waals surface area contributed by atoms with Crippen molar-refractivity contribution in [1.82, 2.24) is 9.97 Å². The lowest BCUT2D eigenvalue weighted by atomic mass is 10.1. The smallest absolute Gasteiger partial charge is 0.268 e. The number of para-hydroxylation sites is 1. The van der Waals surface area contributed by atoms with Gasteiger partial charge in [0.2, 0.25) is 5.91 Å². The summed E-state index contributed by atoms with van der Waals surface area (Å²) in [6.45, 7) is 2.17. The van der Waals surface area contributed by atoms with Crippen LogP contribution in [0.25, 0.3) is 11.3 Å². The van der Waals surface area contributed by atoms with Crippen molar-refractivity contribution in [2.75, 3.05) is 22.5 Å². The summed E-state index contributed by atoms with van der Waals surface area (Å²) < 4.78 is 33.9. The second-order valence-electron chi connectivity index (χ2n) is 8.45. The number of nitrogens with zero attached hydrogens (tertiary/aromatic N) is 3. The molecule has 1 N–H and O–H groups in total. The molecule has 8 nitrogen and oxygen atoms in total. The highest BCUT2D eigenvalue weighted by atomic mass is 32.2. The fourth-order valence-electron chi connectivity index (χ4n) is 4.12. The normalized spacial score (nSPS) is 13.4. The zero-order valence-corrected chi connectivity index (χ0v) is 21.8. The van der Waals surface area contributed by atoms with Gasteiger partial charge in [-0.15, -0.1) is 0 Å². The molecule has 0 saturated heterocycles. The molecule has 5 rings (SSSR count). The third-order valence-electron chi connectivity index (χ3n) is 5.82. The number of carbonyl (C=O) groups excluding carboxylic acids is 1. The molecular weight excluding hydrogens is 508 g/mol. The maximum absolute atomic E-state index is 13.7. The SMILES string of the molecule is COc1cccc(NC(=O)CSc2ncc3c(n2)-c2ccccc2N(Cc2cccc(C)c2)S3(=O)=O)c1. The standard InChI is InChI=1S/C27H24N4O4S2/c1-18-7-5-8-19(13-18)16-31-23-12-4-3-11-22(23)26-24(37(31,33)34)15-28-27(30-26)36-17-25(32)29-20-9-6-10-21(14-20)35-2/h3-15H,16-17H2,1-2H3,(H,29,32). The van der Waals surface area contributed by atoms with Crippen molar-refractivity contribution in [3.63, 3.8) is 0 Å². The van der Waals surface area contributed by atoms with Crippen molar-refractivity contribution in [2.24, 2.45) is 0 Å². The summed E-state index contributed by atoms with van der Waals surface area (Å²) in [5, 5.41) is 3.13. The van der Waals surface area contributed by atoms with E-state index in [1.807, 2.05) is 49.4 Å². The number of carbonyl (C=O) groups is 1. The largest absolute Gasteiger partial charge is 0.497 e. The van der Waals surface area contributed by atoms with E-state index >= 15 is 0 Å². The first-order valence-electron chi connectivity index (χ1n) is 11.5. The lowest BCUT2D eigenvalue weighted by Crippen LogP contribution is -2.34. The summed E-state index contributed by atoms with van der Waals surface area (Å²) >= 11 is 1.14. The molecule has 0 radical (unpaired) electrons. The zero-order valence-electron chi connectivity index (χ0n) is 20.2. The maximum atomic E-state index is 13.7. The van der Waals surface area contributed by atoms with Gasteiger partial charge in [0, 0.05) is 17.3 Å². The third kappa shape index (κ3) is 5.16. The number of hydrogen-bond acceptors (Lipinski definition) is 7. The molecule has 10 heteroatoms. The monoisotopic (exact) mass is 532 g/mol. The van der Waals surface area contributed by atoms with Crippen LogP contribution < -0.4 is 14.4 Å². The molecule has 1 amide bonds. The van der Waals surface area contributed by atoms with E-state index in [1.54, 1.807) is 37.4 Å². The Labute approximate surface area is 219 Å². The van der Waals surface area contributed by atoms with Gasteiger partial charge in [-0.05, 0) is 30.7 Å². The summed E-state index contributed by atoms with van der Waals surface area (Å²) in [5.41, 5.74) is 4.15. The first-order valence-corrected chi connectivity index (χ1v) is 13.9. The quantitative estimate of drug-likeness (QED) is 0.267. The topological polar surface area (TPSA) is 101 Å². The van der Waals surface area contributed by atoms with E-state index in [1.165, 1.54) is 10.5 Å². The first-order chi connectivity index (χ1) is 17.8. The number of aromatic nitrogens is 2. The van der Waals surface area contributed by atoms with E-state index in [-0.39, 0.29) is 23.1 Å². The van der Waals surface area contributed by atoms with E-state index in [0.29, 0.717) is 33.5 Å². The minimum Gasteiger partial charge on any atom is -0.497 e. The van der Waals surface area contributed by atoms with Crippen LogP contribution in [0.2, 0.25) is 0 Å². The zero-order chi connectivity index (χ0) is 26.0. The molecule has 1 aliphatic heterocycles. The Morgan fingerprint density at radius 1 is 1.05 bits per heavy atom. The number of methoxy groups -OCH3 is 1. The van der Waals surface area contributed by atoms with E-state index in [9.17, 15) is 13.2 Å². The van der Waals surface area contributed by atoms with Gasteiger partial charge >= 0.3 is 0 Å². The number of nitrogens with one attached hydrogen (secondary N) is 1. The molecule has 0 aliphatic carbocycles. The lowest BCUT2D eigenvalue weighted by molar-refractivity contribution is -0.113. The Morgan fingerprint density at radius 3 is 2.68 bits per heavy atom. The number of hydrogen-bond donors (Lipinski definition) is 1. The van der Waals surface area contributed by atoms with Crippen molar-refractivity contribution in [2.45, 2.75) is 23.5 Å². The Bertz CT molecular complexity index is 1590. The molecule has 188 valence electrons. The fourth-order valence-corrected chi connectivity index (χ4v) is 6.30. The molecule has 0 spiro atoms. The van der Waals surface area contributed by atoms with Crippen molar-refractivity contribution in [3.8, 4) is 17.0 Å². The first kappa shape index (κ1) is 24.8. The molecule has 1 aromatic heterocycles. The third-order valence-corrected chi connectivity index (χ3v) is 8.45. The van der Waals surface area contributed by atoms with Crippen molar-refractivity contribution in [3.05, 3.63) is 90.1 Å².